The van der Waals surface area contributed by atoms with Gasteiger partial charge in [0.05, 0.1) is 22.6 Å². The van der Waals surface area contributed by atoms with Crippen molar-refractivity contribution in [2.75, 3.05) is 18.5 Å². The number of halogens is 1. The Labute approximate surface area is 201 Å². The lowest BCUT2D eigenvalue weighted by atomic mass is 10.0. The SMILES string of the molecule is O=C(c1ccc(Oc2ccccc2)cc1Cl)c1c[nH]c2ncnc(NC3CCC(CO)NC3)c12. The molecular formula is C25H24ClN5O3. The number of carbonyl (C=O) groups is 1. The molecule has 5 rings (SSSR count). The summed E-state index contributed by atoms with van der Waals surface area (Å²) in [5.41, 5.74) is 1.37. The highest BCUT2D eigenvalue weighted by molar-refractivity contribution is 6.35. The van der Waals surface area contributed by atoms with E-state index in [1.807, 2.05) is 30.3 Å². The second kappa shape index (κ2) is 9.80. The number of para-hydroxylation sites is 1. The highest BCUT2D eigenvalue weighted by Gasteiger charge is 2.24. The summed E-state index contributed by atoms with van der Waals surface area (Å²) >= 11 is 6.49. The van der Waals surface area contributed by atoms with Gasteiger partial charge in [-0.2, -0.15) is 0 Å². The topological polar surface area (TPSA) is 112 Å². The number of hydrogen-bond donors (Lipinski definition) is 4. The summed E-state index contributed by atoms with van der Waals surface area (Å²) in [6.45, 7) is 0.815. The number of ether oxygens (including phenoxy) is 1. The van der Waals surface area contributed by atoms with E-state index in [1.54, 1.807) is 24.4 Å². The molecule has 1 aliphatic heterocycles. The molecule has 0 spiro atoms. The van der Waals surface area contributed by atoms with Gasteiger partial charge in [0.25, 0.3) is 0 Å². The summed E-state index contributed by atoms with van der Waals surface area (Å²) in [5, 5.41) is 17.0. The molecule has 1 saturated heterocycles. The number of nitrogens with zero attached hydrogens (tertiary/aromatic N) is 2. The van der Waals surface area contributed by atoms with Crippen LogP contribution in [-0.2, 0) is 0 Å². The smallest absolute Gasteiger partial charge is 0.196 e. The number of benzene rings is 2. The van der Waals surface area contributed by atoms with E-state index in [4.69, 9.17) is 16.3 Å². The number of aliphatic hydroxyl groups is 1. The minimum atomic E-state index is -0.234. The van der Waals surface area contributed by atoms with Crippen molar-refractivity contribution >= 4 is 34.2 Å². The molecule has 174 valence electrons. The molecule has 0 bridgehead atoms. The maximum Gasteiger partial charge on any atom is 0.196 e. The Morgan fingerprint density at radius 1 is 1.12 bits per heavy atom. The highest BCUT2D eigenvalue weighted by Crippen LogP contribution is 2.31. The van der Waals surface area contributed by atoms with Crippen LogP contribution in [0, 0.1) is 0 Å². The fourth-order valence-electron chi connectivity index (χ4n) is 4.15. The van der Waals surface area contributed by atoms with Crippen LogP contribution < -0.4 is 15.4 Å². The van der Waals surface area contributed by atoms with Crippen molar-refractivity contribution in [1.82, 2.24) is 20.3 Å². The van der Waals surface area contributed by atoms with Gasteiger partial charge in [0.2, 0.25) is 0 Å². The molecule has 1 aliphatic rings. The maximum absolute atomic E-state index is 13.5. The van der Waals surface area contributed by atoms with E-state index in [-0.39, 0.29) is 24.5 Å². The third-order valence-corrected chi connectivity index (χ3v) is 6.27. The minimum absolute atomic E-state index is 0.115. The van der Waals surface area contributed by atoms with Gasteiger partial charge < -0.3 is 25.5 Å². The third-order valence-electron chi connectivity index (χ3n) is 5.96. The average molecular weight is 478 g/mol. The second-order valence-electron chi connectivity index (χ2n) is 8.24. The Bertz CT molecular complexity index is 1300. The normalized spacial score (nSPS) is 18.1. The van der Waals surface area contributed by atoms with Crippen LogP contribution in [-0.4, -0.2) is 51.1 Å². The Kier molecular flexibility index (Phi) is 6.44. The molecule has 1 fully saturated rings. The van der Waals surface area contributed by atoms with Crippen molar-refractivity contribution in [1.29, 1.82) is 0 Å². The summed E-state index contributed by atoms with van der Waals surface area (Å²) in [6.07, 6.45) is 4.84. The first-order chi connectivity index (χ1) is 16.6. The number of hydrogen-bond acceptors (Lipinski definition) is 7. The fourth-order valence-corrected chi connectivity index (χ4v) is 4.41. The number of nitrogens with one attached hydrogen (secondary N) is 3. The predicted molar refractivity (Wildman–Crippen MR) is 131 cm³/mol. The summed E-state index contributed by atoms with van der Waals surface area (Å²) < 4.78 is 5.82. The quantitative estimate of drug-likeness (QED) is 0.296. The Morgan fingerprint density at radius 2 is 1.97 bits per heavy atom. The lowest BCUT2D eigenvalue weighted by Crippen LogP contribution is -2.46. The standard InChI is InChI=1S/C25H24ClN5O3/c26-21-10-18(34-17-4-2-1-3-5-17)8-9-19(21)23(33)20-12-28-24-22(20)25(30-14-29-24)31-15-6-7-16(13-32)27-11-15/h1-5,8-10,12,14-16,27,32H,6-7,11,13H2,(H2,28,29,30,31). The molecule has 2 atom stereocenters. The number of piperidine rings is 1. The molecule has 0 saturated carbocycles. The first-order valence-corrected chi connectivity index (χ1v) is 11.5. The molecule has 2 aromatic heterocycles. The highest BCUT2D eigenvalue weighted by atomic mass is 35.5. The van der Waals surface area contributed by atoms with E-state index in [9.17, 15) is 9.90 Å². The van der Waals surface area contributed by atoms with E-state index in [1.165, 1.54) is 6.33 Å². The number of ketones is 1. The molecule has 4 N–H and O–H groups in total. The van der Waals surface area contributed by atoms with Crippen LogP contribution >= 0.6 is 11.6 Å². The van der Waals surface area contributed by atoms with Crippen LogP contribution in [0.4, 0.5) is 5.82 Å². The van der Waals surface area contributed by atoms with Crippen LogP contribution in [0.15, 0.2) is 61.1 Å². The summed E-state index contributed by atoms with van der Waals surface area (Å²) in [6, 6.07) is 14.6. The average Bonchev–Trinajstić information content (AvgIpc) is 3.30. The Hall–Kier alpha value is -3.46. The van der Waals surface area contributed by atoms with Gasteiger partial charge in [-0.1, -0.05) is 29.8 Å². The predicted octanol–water partition coefficient (Wildman–Crippen LogP) is 4.16. The molecule has 0 radical (unpaired) electrons. The van der Waals surface area contributed by atoms with Crippen molar-refractivity contribution in [2.45, 2.75) is 24.9 Å². The van der Waals surface area contributed by atoms with Crippen molar-refractivity contribution in [2.24, 2.45) is 0 Å². The van der Waals surface area contributed by atoms with Gasteiger partial charge >= 0.3 is 0 Å². The van der Waals surface area contributed by atoms with E-state index >= 15 is 0 Å². The van der Waals surface area contributed by atoms with Gasteiger partial charge in [-0.15, -0.1) is 0 Å². The molecule has 8 nitrogen and oxygen atoms in total. The molecule has 0 aliphatic carbocycles. The first-order valence-electron chi connectivity index (χ1n) is 11.1. The van der Waals surface area contributed by atoms with Crippen molar-refractivity contribution in [3.63, 3.8) is 0 Å². The molecule has 9 heteroatoms. The molecule has 3 heterocycles. The summed E-state index contributed by atoms with van der Waals surface area (Å²) in [4.78, 5) is 25.2. The van der Waals surface area contributed by atoms with E-state index in [2.05, 4.69) is 25.6 Å². The number of aromatic amines is 1. The zero-order valence-corrected chi connectivity index (χ0v) is 19.0. The lowest BCUT2D eigenvalue weighted by Gasteiger charge is -2.29. The van der Waals surface area contributed by atoms with Gasteiger partial charge in [-0.05, 0) is 37.1 Å². The van der Waals surface area contributed by atoms with Crippen LogP contribution in [0.5, 0.6) is 11.5 Å². The number of aromatic nitrogens is 3. The van der Waals surface area contributed by atoms with Gasteiger partial charge in [0, 0.05) is 36.5 Å². The van der Waals surface area contributed by atoms with Crippen LogP contribution in [0.3, 0.4) is 0 Å². The molecule has 0 amide bonds. The lowest BCUT2D eigenvalue weighted by molar-refractivity contribution is 0.104. The molecule has 2 aromatic carbocycles. The van der Waals surface area contributed by atoms with E-state index < -0.39 is 0 Å². The number of H-pyrrole nitrogens is 1. The first kappa shape index (κ1) is 22.3. The third kappa shape index (κ3) is 4.61. The van der Waals surface area contributed by atoms with Crippen molar-refractivity contribution in [3.8, 4) is 11.5 Å². The second-order valence-corrected chi connectivity index (χ2v) is 8.65. The number of rotatable bonds is 7. The van der Waals surface area contributed by atoms with Crippen LogP contribution in [0.2, 0.25) is 5.02 Å². The van der Waals surface area contributed by atoms with Crippen LogP contribution in [0.1, 0.15) is 28.8 Å². The number of fused-ring (bicyclic) bond motifs is 1. The Balaban J connectivity index is 1.40. The molecule has 4 aromatic rings. The number of aliphatic hydroxyl groups excluding tert-OH is 1. The largest absolute Gasteiger partial charge is 0.457 e. The van der Waals surface area contributed by atoms with Gasteiger partial charge in [0.15, 0.2) is 5.78 Å². The number of carbonyl (C=O) groups excluding carboxylic acids is 1. The van der Waals surface area contributed by atoms with Crippen LogP contribution in [0.25, 0.3) is 11.0 Å². The maximum atomic E-state index is 13.5. The monoisotopic (exact) mass is 477 g/mol. The van der Waals surface area contributed by atoms with Crippen molar-refractivity contribution < 1.29 is 14.6 Å². The zero-order chi connectivity index (χ0) is 23.5. The van der Waals surface area contributed by atoms with Gasteiger partial charge in [-0.25, -0.2) is 9.97 Å². The molecule has 2 unspecified atom stereocenters. The Morgan fingerprint density at radius 3 is 2.71 bits per heavy atom. The zero-order valence-electron chi connectivity index (χ0n) is 18.3. The summed E-state index contributed by atoms with van der Waals surface area (Å²) in [7, 11) is 0. The van der Waals surface area contributed by atoms with Gasteiger partial charge in [0.1, 0.15) is 29.3 Å². The van der Waals surface area contributed by atoms with E-state index in [0.717, 1.165) is 12.8 Å². The molecule has 34 heavy (non-hydrogen) atoms. The van der Waals surface area contributed by atoms with Gasteiger partial charge in [-0.3, -0.25) is 4.79 Å². The van der Waals surface area contributed by atoms with Crippen molar-refractivity contribution in [3.05, 3.63) is 77.2 Å². The van der Waals surface area contributed by atoms with E-state index in [0.29, 0.717) is 51.0 Å². The minimum Gasteiger partial charge on any atom is -0.457 e. The molecular weight excluding hydrogens is 454 g/mol. The summed E-state index contributed by atoms with van der Waals surface area (Å²) in [5.74, 6) is 1.58. The fraction of sp³-hybridized carbons (Fsp3) is 0.240. The number of anilines is 1.